The molecular weight excluding hydrogens is 310 g/mol. The van der Waals surface area contributed by atoms with E-state index in [-0.39, 0.29) is 6.03 Å². The van der Waals surface area contributed by atoms with Gasteiger partial charge in [-0.05, 0) is 18.2 Å². The number of nitrogens with zero attached hydrogens (tertiary/aromatic N) is 1. The molecule has 0 bridgehead atoms. The first-order valence-electron chi connectivity index (χ1n) is 7.90. The standard InChI is InChI=1S/C18H20ClN3O/c19-17-10-5-4-7-15(17)13-21-11-6-12-22(14-21)18(23)20-16-8-2-1-3-9-16/h1-5,7-10H,6,11-14H2,(H,20,23)/p+1. The van der Waals surface area contributed by atoms with E-state index in [1.165, 1.54) is 4.90 Å². The third kappa shape index (κ3) is 4.24. The van der Waals surface area contributed by atoms with Crippen LogP contribution in [0.4, 0.5) is 10.5 Å². The molecule has 1 saturated heterocycles. The molecule has 0 radical (unpaired) electrons. The number of quaternary nitrogens is 1. The lowest BCUT2D eigenvalue weighted by atomic mass is 10.2. The molecular formula is C18H21ClN3O+. The van der Waals surface area contributed by atoms with Crippen LogP contribution in [-0.2, 0) is 6.54 Å². The Morgan fingerprint density at radius 2 is 1.87 bits per heavy atom. The normalized spacial score (nSPS) is 17.8. The number of hydrogen-bond acceptors (Lipinski definition) is 1. The van der Waals surface area contributed by atoms with Crippen LogP contribution in [0.3, 0.4) is 0 Å². The van der Waals surface area contributed by atoms with Crippen molar-refractivity contribution in [3.05, 3.63) is 65.2 Å². The maximum atomic E-state index is 12.4. The highest BCUT2D eigenvalue weighted by atomic mass is 35.5. The highest BCUT2D eigenvalue weighted by Crippen LogP contribution is 2.14. The van der Waals surface area contributed by atoms with Crippen LogP contribution < -0.4 is 10.2 Å². The highest BCUT2D eigenvalue weighted by molar-refractivity contribution is 6.31. The van der Waals surface area contributed by atoms with Gasteiger partial charge in [-0.2, -0.15) is 0 Å². The zero-order valence-corrected chi connectivity index (χ0v) is 13.7. The van der Waals surface area contributed by atoms with Gasteiger partial charge in [0.05, 0.1) is 6.54 Å². The maximum absolute atomic E-state index is 12.4. The Balaban J connectivity index is 1.59. The summed E-state index contributed by atoms with van der Waals surface area (Å²) in [6.45, 7) is 3.39. The van der Waals surface area contributed by atoms with Crippen molar-refractivity contribution in [3.8, 4) is 0 Å². The zero-order chi connectivity index (χ0) is 16.1. The average Bonchev–Trinajstić information content (AvgIpc) is 2.58. The van der Waals surface area contributed by atoms with E-state index in [9.17, 15) is 4.79 Å². The van der Waals surface area contributed by atoms with Crippen molar-refractivity contribution in [2.24, 2.45) is 0 Å². The predicted molar refractivity (Wildman–Crippen MR) is 92.6 cm³/mol. The van der Waals surface area contributed by atoms with E-state index in [1.54, 1.807) is 0 Å². The Kier molecular flexibility index (Phi) is 5.16. The summed E-state index contributed by atoms with van der Waals surface area (Å²) in [7, 11) is 0. The third-order valence-corrected chi connectivity index (χ3v) is 4.45. The first kappa shape index (κ1) is 15.8. The average molecular weight is 331 g/mol. The quantitative estimate of drug-likeness (QED) is 0.892. The number of hydrogen-bond donors (Lipinski definition) is 2. The van der Waals surface area contributed by atoms with E-state index >= 15 is 0 Å². The van der Waals surface area contributed by atoms with Gasteiger partial charge in [0.2, 0.25) is 0 Å². The van der Waals surface area contributed by atoms with Gasteiger partial charge < -0.3 is 10.2 Å². The van der Waals surface area contributed by atoms with E-state index < -0.39 is 0 Å². The van der Waals surface area contributed by atoms with Crippen molar-refractivity contribution in [1.82, 2.24) is 4.90 Å². The number of amides is 2. The highest BCUT2D eigenvalue weighted by Gasteiger charge is 2.25. The number of halogens is 1. The third-order valence-electron chi connectivity index (χ3n) is 4.08. The monoisotopic (exact) mass is 330 g/mol. The molecule has 2 amide bonds. The fraction of sp³-hybridized carbons (Fsp3) is 0.278. The van der Waals surface area contributed by atoms with Gasteiger partial charge >= 0.3 is 6.03 Å². The van der Waals surface area contributed by atoms with Gasteiger partial charge in [0.1, 0.15) is 6.54 Å². The first-order valence-corrected chi connectivity index (χ1v) is 8.28. The smallest absolute Gasteiger partial charge is 0.314 e. The summed E-state index contributed by atoms with van der Waals surface area (Å²) in [6.07, 6.45) is 1.00. The molecule has 23 heavy (non-hydrogen) atoms. The molecule has 1 fully saturated rings. The molecule has 0 aromatic heterocycles. The molecule has 1 unspecified atom stereocenters. The fourth-order valence-corrected chi connectivity index (χ4v) is 3.10. The van der Waals surface area contributed by atoms with Crippen molar-refractivity contribution in [2.75, 3.05) is 25.1 Å². The molecule has 2 aromatic carbocycles. The minimum absolute atomic E-state index is 0.0347. The Labute approximate surface area is 141 Å². The Hall–Kier alpha value is -2.04. The van der Waals surface area contributed by atoms with Crippen molar-refractivity contribution in [1.29, 1.82) is 0 Å². The number of carbonyl (C=O) groups is 1. The molecule has 1 aliphatic rings. The second-order valence-electron chi connectivity index (χ2n) is 5.84. The summed E-state index contributed by atoms with van der Waals surface area (Å²) in [6, 6.07) is 17.5. The van der Waals surface area contributed by atoms with Crippen molar-refractivity contribution < 1.29 is 9.69 Å². The van der Waals surface area contributed by atoms with Gasteiger partial charge in [-0.1, -0.05) is 48.0 Å². The molecule has 0 saturated carbocycles. The molecule has 2 aromatic rings. The molecule has 2 N–H and O–H groups in total. The van der Waals surface area contributed by atoms with Gasteiger partial charge in [-0.3, -0.25) is 4.90 Å². The van der Waals surface area contributed by atoms with E-state index in [2.05, 4.69) is 11.4 Å². The van der Waals surface area contributed by atoms with Crippen LogP contribution in [0, 0.1) is 0 Å². The van der Waals surface area contributed by atoms with Gasteiger partial charge in [0.25, 0.3) is 0 Å². The van der Waals surface area contributed by atoms with Crippen molar-refractivity contribution in [3.63, 3.8) is 0 Å². The summed E-state index contributed by atoms with van der Waals surface area (Å²) in [5.41, 5.74) is 1.96. The fourth-order valence-electron chi connectivity index (χ4n) is 2.90. The predicted octanol–water partition coefficient (Wildman–Crippen LogP) is 2.62. The molecule has 120 valence electrons. The van der Waals surface area contributed by atoms with E-state index in [4.69, 9.17) is 11.6 Å². The Bertz CT molecular complexity index is 662. The van der Waals surface area contributed by atoms with Crippen LogP contribution in [-0.4, -0.2) is 30.7 Å². The van der Waals surface area contributed by atoms with Crippen LogP contribution in [0.25, 0.3) is 0 Å². The van der Waals surface area contributed by atoms with Gasteiger partial charge in [0, 0.05) is 29.2 Å². The summed E-state index contributed by atoms with van der Waals surface area (Å²) in [4.78, 5) is 15.6. The lowest BCUT2D eigenvalue weighted by molar-refractivity contribution is -0.927. The van der Waals surface area contributed by atoms with E-state index in [1.807, 2.05) is 53.4 Å². The zero-order valence-electron chi connectivity index (χ0n) is 13.0. The minimum atomic E-state index is -0.0347. The number of rotatable bonds is 3. The van der Waals surface area contributed by atoms with Crippen molar-refractivity contribution >= 4 is 23.3 Å². The summed E-state index contributed by atoms with van der Waals surface area (Å²) < 4.78 is 0. The second kappa shape index (κ2) is 7.49. The molecule has 1 aliphatic heterocycles. The van der Waals surface area contributed by atoms with Crippen LogP contribution in [0.1, 0.15) is 12.0 Å². The molecule has 4 nitrogen and oxygen atoms in total. The number of para-hydroxylation sites is 1. The molecule has 0 spiro atoms. The topological polar surface area (TPSA) is 36.8 Å². The van der Waals surface area contributed by atoms with Gasteiger partial charge in [0.15, 0.2) is 6.67 Å². The lowest BCUT2D eigenvalue weighted by Gasteiger charge is -2.33. The number of benzene rings is 2. The SMILES string of the molecule is O=C(Nc1ccccc1)N1CCC[NH+](Cc2ccccc2Cl)C1. The van der Waals surface area contributed by atoms with Crippen LogP contribution >= 0.6 is 11.6 Å². The molecule has 0 aliphatic carbocycles. The number of carbonyl (C=O) groups excluding carboxylic acids is 1. The molecule has 1 heterocycles. The Morgan fingerprint density at radius 3 is 2.65 bits per heavy atom. The summed E-state index contributed by atoms with van der Waals surface area (Å²) >= 11 is 6.24. The van der Waals surface area contributed by atoms with Gasteiger partial charge in [-0.15, -0.1) is 0 Å². The van der Waals surface area contributed by atoms with E-state index in [0.717, 1.165) is 42.3 Å². The van der Waals surface area contributed by atoms with Crippen LogP contribution in [0.2, 0.25) is 5.02 Å². The number of nitrogens with one attached hydrogen (secondary N) is 2. The molecule has 3 rings (SSSR count). The van der Waals surface area contributed by atoms with Crippen molar-refractivity contribution in [2.45, 2.75) is 13.0 Å². The maximum Gasteiger partial charge on any atom is 0.326 e. The second-order valence-corrected chi connectivity index (χ2v) is 6.25. The Morgan fingerprint density at radius 1 is 1.13 bits per heavy atom. The molecule has 5 heteroatoms. The van der Waals surface area contributed by atoms with Crippen LogP contribution in [0.15, 0.2) is 54.6 Å². The minimum Gasteiger partial charge on any atom is -0.314 e. The molecule has 1 atom stereocenters. The van der Waals surface area contributed by atoms with Crippen LogP contribution in [0.5, 0.6) is 0 Å². The first-order chi connectivity index (χ1) is 11.2. The summed E-state index contributed by atoms with van der Waals surface area (Å²) in [5.74, 6) is 0. The van der Waals surface area contributed by atoms with E-state index in [0.29, 0.717) is 6.67 Å². The summed E-state index contributed by atoms with van der Waals surface area (Å²) in [5, 5.41) is 3.75. The van der Waals surface area contributed by atoms with Gasteiger partial charge in [-0.25, -0.2) is 4.79 Å². The largest absolute Gasteiger partial charge is 0.326 e. The number of urea groups is 1. The number of anilines is 1. The lowest BCUT2D eigenvalue weighted by Crippen LogP contribution is -3.13.